The van der Waals surface area contributed by atoms with Crippen molar-refractivity contribution >= 4 is 11.8 Å². The second-order valence-corrected chi connectivity index (χ2v) is 9.75. The van der Waals surface area contributed by atoms with Crippen molar-refractivity contribution in [1.29, 1.82) is 0 Å². The summed E-state index contributed by atoms with van der Waals surface area (Å²) in [5.41, 5.74) is 9.41. The maximum Gasteiger partial charge on any atom is 0.227 e. The van der Waals surface area contributed by atoms with Crippen molar-refractivity contribution in [3.8, 4) is 23.0 Å². The van der Waals surface area contributed by atoms with Crippen molar-refractivity contribution in [3.63, 3.8) is 0 Å². The number of aryl methyl sites for hydroxylation is 4. The first kappa shape index (κ1) is 22.6. The topological polar surface area (TPSA) is 68.1 Å². The minimum Gasteiger partial charge on any atom is -0.436 e. The molecule has 5 rings (SSSR count). The number of pyridine rings is 1. The van der Waals surface area contributed by atoms with Gasteiger partial charge in [-0.1, -0.05) is 48.0 Å². The number of aliphatic hydroxyl groups is 1. The van der Waals surface area contributed by atoms with Crippen molar-refractivity contribution < 1.29 is 9.84 Å². The van der Waals surface area contributed by atoms with Crippen molar-refractivity contribution in [1.82, 2.24) is 15.0 Å². The van der Waals surface area contributed by atoms with Crippen LogP contribution in [0.1, 0.15) is 44.6 Å². The van der Waals surface area contributed by atoms with Gasteiger partial charge in [0.1, 0.15) is 5.03 Å². The van der Waals surface area contributed by atoms with E-state index in [4.69, 9.17) is 14.7 Å². The Morgan fingerprint density at radius 3 is 2.56 bits per heavy atom. The predicted octanol–water partition coefficient (Wildman–Crippen LogP) is 6.25. The van der Waals surface area contributed by atoms with Gasteiger partial charge in [-0.25, -0.2) is 4.98 Å². The molecule has 0 saturated carbocycles. The summed E-state index contributed by atoms with van der Waals surface area (Å²) < 4.78 is 6.35. The number of thioether (sulfide) groups is 1. The molecule has 5 nitrogen and oxygen atoms in total. The second-order valence-electron chi connectivity index (χ2n) is 8.78. The highest BCUT2D eigenvalue weighted by atomic mass is 32.2. The molecule has 1 aliphatic heterocycles. The number of hydrogen-bond donors (Lipinski definition) is 1. The predicted molar refractivity (Wildman–Crippen MR) is 135 cm³/mol. The molecule has 0 amide bonds. The summed E-state index contributed by atoms with van der Waals surface area (Å²) in [6, 6.07) is 14.7. The number of aromatic nitrogens is 3. The molecule has 0 radical (unpaired) electrons. The Balaban J connectivity index is 1.62. The van der Waals surface area contributed by atoms with Crippen LogP contribution in [-0.2, 0) is 18.8 Å². The van der Waals surface area contributed by atoms with Crippen LogP contribution >= 0.6 is 11.8 Å². The number of fused-ring (bicyclic) bond motifs is 2. The average molecular weight is 470 g/mol. The van der Waals surface area contributed by atoms with E-state index in [2.05, 4.69) is 50.0 Å². The van der Waals surface area contributed by atoms with Crippen LogP contribution in [-0.4, -0.2) is 20.1 Å². The first-order valence-corrected chi connectivity index (χ1v) is 12.3. The highest BCUT2D eigenvalue weighted by Crippen LogP contribution is 2.43. The van der Waals surface area contributed by atoms with Crippen LogP contribution in [0.4, 0.5) is 0 Å². The van der Waals surface area contributed by atoms with Crippen molar-refractivity contribution in [2.24, 2.45) is 0 Å². The fraction of sp³-hybridized carbons (Fsp3) is 0.250. The Labute approximate surface area is 204 Å². The minimum absolute atomic E-state index is 0.0819. The van der Waals surface area contributed by atoms with Gasteiger partial charge in [-0.3, -0.25) is 4.98 Å². The van der Waals surface area contributed by atoms with Crippen molar-refractivity contribution in [2.75, 3.05) is 0 Å². The van der Waals surface area contributed by atoms with E-state index >= 15 is 0 Å². The number of nitrogens with zero attached hydrogens (tertiary/aromatic N) is 3. The van der Waals surface area contributed by atoms with E-state index in [1.54, 1.807) is 18.0 Å². The molecule has 0 bridgehead atoms. The Morgan fingerprint density at radius 2 is 1.76 bits per heavy atom. The summed E-state index contributed by atoms with van der Waals surface area (Å²) in [4.78, 5) is 14.3. The van der Waals surface area contributed by atoms with Gasteiger partial charge in [-0.15, -0.1) is 11.8 Å². The van der Waals surface area contributed by atoms with Gasteiger partial charge < -0.3 is 9.84 Å². The normalized spacial score (nSPS) is 12.1. The number of benzene rings is 2. The van der Waals surface area contributed by atoms with E-state index < -0.39 is 0 Å². The minimum atomic E-state index is -0.0819. The average Bonchev–Trinajstić information content (AvgIpc) is 2.84. The van der Waals surface area contributed by atoms with E-state index in [0.29, 0.717) is 23.9 Å². The third kappa shape index (κ3) is 4.19. The van der Waals surface area contributed by atoms with Gasteiger partial charge in [0, 0.05) is 35.1 Å². The molecule has 2 aromatic heterocycles. The molecule has 1 aliphatic rings. The zero-order valence-electron chi connectivity index (χ0n) is 19.8. The van der Waals surface area contributed by atoms with Gasteiger partial charge >= 0.3 is 0 Å². The van der Waals surface area contributed by atoms with Gasteiger partial charge in [0.15, 0.2) is 11.6 Å². The summed E-state index contributed by atoms with van der Waals surface area (Å²) in [7, 11) is 0. The van der Waals surface area contributed by atoms with Crippen LogP contribution in [0.5, 0.6) is 11.6 Å². The Hall–Kier alpha value is -3.22. The Morgan fingerprint density at radius 1 is 0.941 bits per heavy atom. The molecule has 4 aromatic rings. The molecule has 0 fully saturated rings. The smallest absolute Gasteiger partial charge is 0.227 e. The summed E-state index contributed by atoms with van der Waals surface area (Å²) in [6.45, 7) is 8.17. The van der Waals surface area contributed by atoms with Crippen LogP contribution < -0.4 is 4.74 Å². The lowest BCUT2D eigenvalue weighted by Gasteiger charge is -2.24. The lowest BCUT2D eigenvalue weighted by atomic mass is 9.99. The van der Waals surface area contributed by atoms with E-state index in [1.165, 1.54) is 16.7 Å². The van der Waals surface area contributed by atoms with Crippen LogP contribution in [0.15, 0.2) is 53.7 Å². The summed E-state index contributed by atoms with van der Waals surface area (Å²) in [6.07, 6.45) is 2.33. The SMILES string of the molecule is Cc1ccc(C)c(CSc2nc(-c3ccccc3C)nc3c2Cc2c(CO)cnc(C)c2O3)c1. The largest absolute Gasteiger partial charge is 0.436 e. The van der Waals surface area contributed by atoms with E-state index in [-0.39, 0.29) is 6.61 Å². The second kappa shape index (κ2) is 9.20. The third-order valence-corrected chi connectivity index (χ3v) is 7.38. The number of ether oxygens (including phenoxy) is 1. The third-order valence-electron chi connectivity index (χ3n) is 6.31. The fourth-order valence-electron chi connectivity index (χ4n) is 4.26. The monoisotopic (exact) mass is 469 g/mol. The molecule has 0 atom stereocenters. The van der Waals surface area contributed by atoms with Gasteiger partial charge in [-0.05, 0) is 44.4 Å². The zero-order valence-corrected chi connectivity index (χ0v) is 20.7. The quantitative estimate of drug-likeness (QED) is 0.242. The molecule has 34 heavy (non-hydrogen) atoms. The standard InChI is InChI=1S/C28H27N3O2S/c1-16-9-10-17(2)20(11-16)15-34-28-24-12-23-21(14-32)13-29-19(4)25(23)33-27(24)30-26(31-28)22-8-6-5-7-18(22)3/h5-11,13,32H,12,14-15H2,1-4H3. The van der Waals surface area contributed by atoms with E-state index in [1.807, 2.05) is 25.1 Å². The Bertz CT molecular complexity index is 1400. The number of hydrogen-bond acceptors (Lipinski definition) is 6. The molecule has 0 spiro atoms. The first-order valence-electron chi connectivity index (χ1n) is 11.4. The van der Waals surface area contributed by atoms with Crippen molar-refractivity contribution in [3.05, 3.63) is 93.3 Å². The van der Waals surface area contributed by atoms with Gasteiger partial charge in [0.05, 0.1) is 17.9 Å². The van der Waals surface area contributed by atoms with Crippen LogP contribution in [0.2, 0.25) is 0 Å². The lowest BCUT2D eigenvalue weighted by molar-refractivity contribution is 0.278. The number of rotatable bonds is 5. The maximum absolute atomic E-state index is 9.90. The fourth-order valence-corrected chi connectivity index (χ4v) is 5.35. The lowest BCUT2D eigenvalue weighted by Crippen LogP contribution is -2.13. The van der Waals surface area contributed by atoms with E-state index in [0.717, 1.165) is 44.3 Å². The van der Waals surface area contributed by atoms with Crippen LogP contribution in [0.25, 0.3) is 11.4 Å². The maximum atomic E-state index is 9.90. The summed E-state index contributed by atoms with van der Waals surface area (Å²) in [5, 5.41) is 10.8. The highest BCUT2D eigenvalue weighted by molar-refractivity contribution is 7.98. The Kier molecular flexibility index (Phi) is 6.11. The summed E-state index contributed by atoms with van der Waals surface area (Å²) in [5.74, 6) is 2.73. The first-order chi connectivity index (χ1) is 16.4. The number of aliphatic hydroxyl groups excluding tert-OH is 1. The van der Waals surface area contributed by atoms with Gasteiger partial charge in [-0.2, -0.15) is 4.98 Å². The van der Waals surface area contributed by atoms with Crippen LogP contribution in [0.3, 0.4) is 0 Å². The molecule has 172 valence electrons. The molecule has 0 aliphatic carbocycles. The molecule has 0 unspecified atom stereocenters. The highest BCUT2D eigenvalue weighted by Gasteiger charge is 2.28. The molecular weight excluding hydrogens is 442 g/mol. The molecule has 3 heterocycles. The summed E-state index contributed by atoms with van der Waals surface area (Å²) >= 11 is 1.71. The molecule has 1 N–H and O–H groups in total. The van der Waals surface area contributed by atoms with E-state index in [9.17, 15) is 5.11 Å². The zero-order chi connectivity index (χ0) is 23.8. The van der Waals surface area contributed by atoms with Gasteiger partial charge in [0.2, 0.25) is 5.88 Å². The molecular formula is C28H27N3O2S. The molecule has 0 saturated heterocycles. The molecule has 6 heteroatoms. The van der Waals surface area contributed by atoms with Gasteiger partial charge in [0.25, 0.3) is 0 Å². The van der Waals surface area contributed by atoms with Crippen LogP contribution in [0, 0.1) is 27.7 Å². The van der Waals surface area contributed by atoms with Crippen molar-refractivity contribution in [2.45, 2.75) is 51.5 Å². The molecule has 2 aromatic carbocycles.